The summed E-state index contributed by atoms with van der Waals surface area (Å²) in [7, 11) is 4.33. The number of nitrogens with zero attached hydrogens (tertiary/aromatic N) is 3. The summed E-state index contributed by atoms with van der Waals surface area (Å²) in [4.78, 5) is 11.3. The zero-order valence-electron chi connectivity index (χ0n) is 13.2. The molecule has 1 aromatic rings. The van der Waals surface area contributed by atoms with E-state index < -0.39 is 0 Å². The average Bonchev–Trinajstić information content (AvgIpc) is 2.34. The van der Waals surface area contributed by atoms with Crippen LogP contribution in [0.4, 0.5) is 11.8 Å². The van der Waals surface area contributed by atoms with Gasteiger partial charge < -0.3 is 15.5 Å². The molecule has 0 aliphatic heterocycles. The highest BCUT2D eigenvalue weighted by molar-refractivity contribution is 5.42. The summed E-state index contributed by atoms with van der Waals surface area (Å²) < 4.78 is 0. The molecule has 5 heteroatoms. The van der Waals surface area contributed by atoms with Gasteiger partial charge in [0.05, 0.1) is 0 Å². The van der Waals surface area contributed by atoms with Crippen LogP contribution >= 0.6 is 0 Å². The lowest BCUT2D eigenvalue weighted by Gasteiger charge is -2.47. The van der Waals surface area contributed by atoms with Gasteiger partial charge in [-0.15, -0.1) is 0 Å². The highest BCUT2D eigenvalue weighted by atomic mass is 15.2. The first-order valence-electron chi connectivity index (χ1n) is 7.56. The van der Waals surface area contributed by atoms with E-state index in [1.807, 2.05) is 13.0 Å². The molecule has 1 aromatic heterocycles. The number of likely N-dealkylation sites (N-methyl/N-ethyl adjacent to an activating group) is 1. The van der Waals surface area contributed by atoms with E-state index in [1.54, 1.807) is 0 Å². The summed E-state index contributed by atoms with van der Waals surface area (Å²) >= 11 is 0. The van der Waals surface area contributed by atoms with Gasteiger partial charge in [-0.3, -0.25) is 0 Å². The van der Waals surface area contributed by atoms with E-state index in [-0.39, 0.29) is 0 Å². The number of rotatable bonds is 7. The molecule has 0 bridgehead atoms. The molecule has 2 rings (SSSR count). The van der Waals surface area contributed by atoms with Crippen LogP contribution in [0.1, 0.15) is 38.3 Å². The monoisotopic (exact) mass is 277 g/mol. The fourth-order valence-corrected chi connectivity index (χ4v) is 2.60. The van der Waals surface area contributed by atoms with Crippen molar-refractivity contribution < 1.29 is 0 Å². The molecule has 0 amide bonds. The Hall–Kier alpha value is -1.36. The molecule has 0 atom stereocenters. The summed E-state index contributed by atoms with van der Waals surface area (Å²) in [6.45, 7) is 6.00. The lowest BCUT2D eigenvalue weighted by molar-refractivity contribution is 0.0738. The summed E-state index contributed by atoms with van der Waals surface area (Å²) in [5, 5.41) is 6.74. The van der Waals surface area contributed by atoms with Gasteiger partial charge in [-0.1, -0.05) is 6.92 Å². The van der Waals surface area contributed by atoms with Crippen molar-refractivity contribution in [2.75, 3.05) is 37.8 Å². The van der Waals surface area contributed by atoms with Gasteiger partial charge in [0.1, 0.15) is 5.82 Å². The SMILES string of the molecule is CCCNc1nc(C)cc(NCC2(N(C)C)CCC2)n1. The Morgan fingerprint density at radius 3 is 2.55 bits per heavy atom. The average molecular weight is 277 g/mol. The second kappa shape index (κ2) is 6.39. The lowest BCUT2D eigenvalue weighted by atomic mass is 9.75. The van der Waals surface area contributed by atoms with Gasteiger partial charge in [-0.05, 0) is 46.7 Å². The number of nitrogens with one attached hydrogen (secondary N) is 2. The Labute approximate surface area is 122 Å². The van der Waals surface area contributed by atoms with Crippen molar-refractivity contribution in [1.82, 2.24) is 14.9 Å². The first kappa shape index (κ1) is 15.0. The van der Waals surface area contributed by atoms with Gasteiger partial charge in [0.2, 0.25) is 5.95 Å². The van der Waals surface area contributed by atoms with Gasteiger partial charge in [0.15, 0.2) is 0 Å². The smallest absolute Gasteiger partial charge is 0.224 e. The van der Waals surface area contributed by atoms with E-state index in [1.165, 1.54) is 19.3 Å². The van der Waals surface area contributed by atoms with Gasteiger partial charge in [0.25, 0.3) is 0 Å². The Morgan fingerprint density at radius 2 is 2.00 bits per heavy atom. The first-order chi connectivity index (χ1) is 9.55. The number of hydrogen-bond acceptors (Lipinski definition) is 5. The van der Waals surface area contributed by atoms with Crippen LogP contribution < -0.4 is 10.6 Å². The van der Waals surface area contributed by atoms with E-state index in [9.17, 15) is 0 Å². The van der Waals surface area contributed by atoms with Crippen molar-refractivity contribution in [3.8, 4) is 0 Å². The minimum Gasteiger partial charge on any atom is -0.368 e. The van der Waals surface area contributed by atoms with Crippen molar-refractivity contribution in [3.05, 3.63) is 11.8 Å². The zero-order chi connectivity index (χ0) is 14.6. The van der Waals surface area contributed by atoms with Crippen LogP contribution in [-0.4, -0.2) is 47.6 Å². The second-order valence-corrected chi connectivity index (χ2v) is 5.97. The third-order valence-corrected chi connectivity index (χ3v) is 4.22. The Morgan fingerprint density at radius 1 is 1.25 bits per heavy atom. The van der Waals surface area contributed by atoms with Gasteiger partial charge >= 0.3 is 0 Å². The molecule has 0 unspecified atom stereocenters. The first-order valence-corrected chi connectivity index (χ1v) is 7.56. The summed E-state index contributed by atoms with van der Waals surface area (Å²) in [6.07, 6.45) is 4.92. The molecule has 5 nitrogen and oxygen atoms in total. The minimum absolute atomic E-state index is 0.301. The van der Waals surface area contributed by atoms with Crippen LogP contribution in [0.3, 0.4) is 0 Å². The molecule has 2 N–H and O–H groups in total. The van der Waals surface area contributed by atoms with Crippen LogP contribution in [-0.2, 0) is 0 Å². The number of hydrogen-bond donors (Lipinski definition) is 2. The highest BCUT2D eigenvalue weighted by Gasteiger charge is 2.38. The maximum Gasteiger partial charge on any atom is 0.224 e. The molecule has 0 radical (unpaired) electrons. The molecule has 112 valence electrons. The fourth-order valence-electron chi connectivity index (χ4n) is 2.60. The van der Waals surface area contributed by atoms with Crippen molar-refractivity contribution >= 4 is 11.8 Å². The van der Waals surface area contributed by atoms with Crippen LogP contribution in [0.2, 0.25) is 0 Å². The zero-order valence-corrected chi connectivity index (χ0v) is 13.2. The topological polar surface area (TPSA) is 53.1 Å². The third kappa shape index (κ3) is 3.39. The summed E-state index contributed by atoms with van der Waals surface area (Å²) in [5.41, 5.74) is 1.30. The fraction of sp³-hybridized carbons (Fsp3) is 0.733. The molecule has 0 spiro atoms. The van der Waals surface area contributed by atoms with E-state index >= 15 is 0 Å². The molecule has 0 saturated heterocycles. The van der Waals surface area contributed by atoms with E-state index in [2.05, 4.69) is 46.5 Å². The highest BCUT2D eigenvalue weighted by Crippen LogP contribution is 2.36. The quantitative estimate of drug-likeness (QED) is 0.802. The van der Waals surface area contributed by atoms with Gasteiger partial charge in [-0.25, -0.2) is 4.98 Å². The van der Waals surface area contributed by atoms with Crippen LogP contribution in [0.5, 0.6) is 0 Å². The molecule has 0 aromatic carbocycles. The standard InChI is InChI=1S/C15H27N5/c1-5-9-16-14-18-12(2)10-13(19-14)17-11-15(20(3)4)7-6-8-15/h10H,5-9,11H2,1-4H3,(H2,16,17,18,19). The van der Waals surface area contributed by atoms with E-state index in [4.69, 9.17) is 0 Å². The van der Waals surface area contributed by atoms with Gasteiger partial charge in [-0.2, -0.15) is 4.98 Å². The van der Waals surface area contributed by atoms with Crippen molar-refractivity contribution in [2.24, 2.45) is 0 Å². The summed E-state index contributed by atoms with van der Waals surface area (Å²) in [5.74, 6) is 1.64. The molecular weight excluding hydrogens is 250 g/mol. The van der Waals surface area contributed by atoms with Crippen molar-refractivity contribution in [1.29, 1.82) is 0 Å². The molecule has 1 fully saturated rings. The second-order valence-electron chi connectivity index (χ2n) is 5.97. The predicted molar refractivity (Wildman–Crippen MR) is 84.3 cm³/mol. The minimum atomic E-state index is 0.301. The maximum atomic E-state index is 4.54. The lowest BCUT2D eigenvalue weighted by Crippen LogP contribution is -2.54. The maximum absolute atomic E-state index is 4.54. The van der Waals surface area contributed by atoms with Crippen molar-refractivity contribution in [3.63, 3.8) is 0 Å². The van der Waals surface area contributed by atoms with E-state index in [0.29, 0.717) is 5.54 Å². The molecule has 1 heterocycles. The van der Waals surface area contributed by atoms with Gasteiger partial charge in [0, 0.05) is 30.4 Å². The van der Waals surface area contributed by atoms with Crippen LogP contribution in [0.25, 0.3) is 0 Å². The number of aryl methyl sites for hydroxylation is 1. The number of anilines is 2. The molecule has 20 heavy (non-hydrogen) atoms. The summed E-state index contributed by atoms with van der Waals surface area (Å²) in [6, 6.07) is 2.01. The molecule has 1 saturated carbocycles. The molecule has 1 aliphatic rings. The Kier molecular flexibility index (Phi) is 4.81. The third-order valence-electron chi connectivity index (χ3n) is 4.22. The van der Waals surface area contributed by atoms with Crippen molar-refractivity contribution in [2.45, 2.75) is 45.1 Å². The molecular formula is C15H27N5. The van der Waals surface area contributed by atoms with E-state index in [0.717, 1.165) is 37.0 Å². The molecule has 1 aliphatic carbocycles. The Balaban J connectivity index is 2.00. The largest absolute Gasteiger partial charge is 0.368 e. The normalized spacial score (nSPS) is 16.9. The van der Waals surface area contributed by atoms with Crippen LogP contribution in [0, 0.1) is 6.92 Å². The number of aromatic nitrogens is 2. The van der Waals surface area contributed by atoms with Crippen LogP contribution in [0.15, 0.2) is 6.07 Å². The Bertz CT molecular complexity index is 440. The predicted octanol–water partition coefficient (Wildman–Crippen LogP) is 2.50.